The predicted octanol–water partition coefficient (Wildman–Crippen LogP) is 7.47. The van der Waals surface area contributed by atoms with Crippen molar-refractivity contribution in [3.8, 4) is 11.5 Å². The Bertz CT molecular complexity index is 1710. The topological polar surface area (TPSA) is 138 Å². The number of aromatic hydroxyl groups is 1. The lowest BCUT2D eigenvalue weighted by atomic mass is 10.0. The third kappa shape index (κ3) is 5.58. The molecule has 0 aliphatic carbocycles. The van der Waals surface area contributed by atoms with E-state index in [1.165, 1.54) is 25.1 Å². The lowest BCUT2D eigenvalue weighted by Crippen LogP contribution is -2.12. The molecule has 12 heteroatoms. The molecule has 0 aliphatic heterocycles. The van der Waals surface area contributed by atoms with Crippen molar-refractivity contribution >= 4 is 67.1 Å². The van der Waals surface area contributed by atoms with Crippen LogP contribution in [0.1, 0.15) is 22.8 Å². The Morgan fingerprint density at radius 3 is 2.47 bits per heavy atom. The van der Waals surface area contributed by atoms with Crippen LogP contribution in [0.4, 0.5) is 17.1 Å². The Labute approximate surface area is 228 Å². The molecule has 0 aromatic heterocycles. The molecule has 4 aromatic carbocycles. The van der Waals surface area contributed by atoms with Gasteiger partial charge < -0.3 is 15.2 Å². The van der Waals surface area contributed by atoms with Gasteiger partial charge in [0.15, 0.2) is 5.75 Å². The van der Waals surface area contributed by atoms with Gasteiger partial charge in [-0.25, -0.2) is 0 Å². The Morgan fingerprint density at radius 1 is 1.05 bits per heavy atom. The Morgan fingerprint density at radius 2 is 1.79 bits per heavy atom. The van der Waals surface area contributed by atoms with E-state index in [1.54, 1.807) is 36.4 Å². The van der Waals surface area contributed by atoms with Gasteiger partial charge in [0, 0.05) is 11.1 Å². The van der Waals surface area contributed by atoms with Crippen LogP contribution in [0.15, 0.2) is 75.8 Å². The summed E-state index contributed by atoms with van der Waals surface area (Å²) in [4.78, 5) is 12.8. The molecule has 0 atom stereocenters. The average Bonchev–Trinajstić information content (AvgIpc) is 2.86. The first kappa shape index (κ1) is 27.3. The van der Waals surface area contributed by atoms with E-state index in [1.807, 2.05) is 6.92 Å². The number of anilines is 1. The van der Waals surface area contributed by atoms with E-state index in [0.717, 1.165) is 6.07 Å². The van der Waals surface area contributed by atoms with Crippen molar-refractivity contribution in [1.82, 2.24) is 0 Å². The molecule has 196 valence electrons. The zero-order valence-electron chi connectivity index (χ0n) is 20.1. The zero-order chi connectivity index (χ0) is 27.6. The van der Waals surface area contributed by atoms with E-state index in [9.17, 15) is 22.9 Å². The van der Waals surface area contributed by atoms with Crippen LogP contribution < -0.4 is 10.1 Å². The highest BCUT2D eigenvalue weighted by Gasteiger charge is 2.20. The maximum Gasteiger partial charge on any atom is 0.294 e. The van der Waals surface area contributed by atoms with E-state index in [2.05, 4.69) is 15.5 Å². The first-order chi connectivity index (χ1) is 18.0. The number of amides is 1. The number of nitrogens with zero attached hydrogens (tertiary/aromatic N) is 2. The number of phenolic OH excluding ortho intramolecular Hbond substituents is 1. The van der Waals surface area contributed by atoms with E-state index in [4.69, 9.17) is 27.9 Å². The number of benzene rings is 4. The maximum atomic E-state index is 13.1. The minimum Gasteiger partial charge on any atom is -0.505 e. The van der Waals surface area contributed by atoms with Crippen molar-refractivity contribution in [3.05, 3.63) is 81.8 Å². The minimum atomic E-state index is -4.48. The van der Waals surface area contributed by atoms with Crippen molar-refractivity contribution in [3.63, 3.8) is 0 Å². The molecule has 4 rings (SSSR count). The Kier molecular flexibility index (Phi) is 7.89. The van der Waals surface area contributed by atoms with E-state index < -0.39 is 21.8 Å². The van der Waals surface area contributed by atoms with Crippen molar-refractivity contribution < 1.29 is 27.6 Å². The summed E-state index contributed by atoms with van der Waals surface area (Å²) >= 11 is 12.5. The van der Waals surface area contributed by atoms with E-state index in [-0.39, 0.29) is 32.4 Å². The van der Waals surface area contributed by atoms with Crippen molar-refractivity contribution in [1.29, 1.82) is 0 Å². The number of hydrogen-bond donors (Lipinski definition) is 3. The van der Waals surface area contributed by atoms with Crippen LogP contribution in [0, 0.1) is 6.92 Å². The number of fused-ring (bicyclic) bond motifs is 1. The van der Waals surface area contributed by atoms with Crippen LogP contribution >= 0.6 is 23.2 Å². The number of carbonyl (C=O) groups excluding carboxylic acids is 1. The highest BCUT2D eigenvalue weighted by molar-refractivity contribution is 7.85. The molecular weight excluding hydrogens is 553 g/mol. The SMILES string of the molecule is CCOc1ccc(NC(=O)c2cc3ccccc3c(N=Nc3ccc(S(=O)(=O)O)c(C)c3Cl)c2O)cc1Cl. The molecule has 0 aliphatic rings. The molecular formula is C26H21Cl2N3O6S. The van der Waals surface area contributed by atoms with Gasteiger partial charge in [0.2, 0.25) is 0 Å². The summed E-state index contributed by atoms with van der Waals surface area (Å²) in [6, 6.07) is 15.7. The highest BCUT2D eigenvalue weighted by Crippen LogP contribution is 2.41. The first-order valence-corrected chi connectivity index (χ1v) is 13.4. The van der Waals surface area contributed by atoms with Gasteiger partial charge in [-0.15, -0.1) is 10.2 Å². The molecule has 0 saturated heterocycles. The first-order valence-electron chi connectivity index (χ1n) is 11.2. The average molecular weight is 574 g/mol. The number of halogens is 2. The van der Waals surface area contributed by atoms with Crippen LogP contribution in [-0.2, 0) is 10.1 Å². The highest BCUT2D eigenvalue weighted by atomic mass is 35.5. The molecule has 0 fully saturated rings. The zero-order valence-corrected chi connectivity index (χ0v) is 22.4. The summed E-state index contributed by atoms with van der Waals surface area (Å²) in [6.45, 7) is 3.67. The third-order valence-electron chi connectivity index (χ3n) is 5.58. The lowest BCUT2D eigenvalue weighted by molar-refractivity contribution is 0.102. The van der Waals surface area contributed by atoms with Gasteiger partial charge in [-0.1, -0.05) is 47.5 Å². The summed E-state index contributed by atoms with van der Waals surface area (Å²) in [6.07, 6.45) is 0. The summed E-state index contributed by atoms with van der Waals surface area (Å²) in [5.41, 5.74) is 0.512. The summed E-state index contributed by atoms with van der Waals surface area (Å²) in [5, 5.41) is 23.4. The largest absolute Gasteiger partial charge is 0.505 e. The van der Waals surface area contributed by atoms with Gasteiger partial charge in [-0.05, 0) is 61.2 Å². The Balaban J connectivity index is 1.74. The minimum absolute atomic E-state index is 0.00514. The van der Waals surface area contributed by atoms with Gasteiger partial charge in [-0.2, -0.15) is 8.42 Å². The molecule has 0 unspecified atom stereocenters. The van der Waals surface area contributed by atoms with Gasteiger partial charge in [0.25, 0.3) is 16.0 Å². The normalized spacial score (nSPS) is 11.7. The molecule has 0 heterocycles. The van der Waals surface area contributed by atoms with Gasteiger partial charge in [0.05, 0.1) is 27.1 Å². The molecule has 0 bridgehead atoms. The maximum absolute atomic E-state index is 13.1. The molecule has 4 aromatic rings. The number of hydrogen-bond acceptors (Lipinski definition) is 7. The number of ether oxygens (including phenoxy) is 1. The van der Waals surface area contributed by atoms with Crippen LogP contribution in [0.5, 0.6) is 11.5 Å². The quantitative estimate of drug-likeness (QED) is 0.155. The number of carbonyl (C=O) groups is 1. The Hall–Kier alpha value is -3.70. The molecule has 0 spiro atoms. The molecule has 1 amide bonds. The number of phenols is 1. The summed E-state index contributed by atoms with van der Waals surface area (Å²) < 4.78 is 37.9. The van der Waals surface area contributed by atoms with Crippen molar-refractivity contribution in [2.75, 3.05) is 11.9 Å². The standard InChI is InChI=1S/C26H21Cl2N3O6S/c1-3-37-21-10-8-16(13-19(21)27)29-26(33)18-12-15-6-4-5-7-17(15)24(25(18)32)31-30-20-9-11-22(38(34,35)36)14(2)23(20)28/h4-13,32H,3H2,1-2H3,(H,29,33)(H,34,35,36). The van der Waals surface area contributed by atoms with Crippen molar-refractivity contribution in [2.45, 2.75) is 18.7 Å². The second-order valence-corrected chi connectivity index (χ2v) is 10.2. The molecule has 38 heavy (non-hydrogen) atoms. The van der Waals surface area contributed by atoms with Crippen LogP contribution in [0.3, 0.4) is 0 Å². The van der Waals surface area contributed by atoms with Crippen LogP contribution in [-0.4, -0.2) is 30.6 Å². The fraction of sp³-hybridized carbons (Fsp3) is 0.115. The summed E-state index contributed by atoms with van der Waals surface area (Å²) in [7, 11) is -4.48. The fourth-order valence-electron chi connectivity index (χ4n) is 3.76. The lowest BCUT2D eigenvalue weighted by Gasteiger charge is -2.12. The summed E-state index contributed by atoms with van der Waals surface area (Å²) in [5.74, 6) is -0.567. The number of azo groups is 1. The van der Waals surface area contributed by atoms with Gasteiger partial charge >= 0.3 is 0 Å². The van der Waals surface area contributed by atoms with Crippen LogP contribution in [0.25, 0.3) is 10.8 Å². The fourth-order valence-corrected chi connectivity index (χ4v) is 4.98. The molecule has 0 saturated carbocycles. The van der Waals surface area contributed by atoms with Gasteiger partial charge in [0.1, 0.15) is 17.1 Å². The predicted molar refractivity (Wildman–Crippen MR) is 146 cm³/mol. The molecule has 9 nitrogen and oxygen atoms in total. The smallest absolute Gasteiger partial charge is 0.294 e. The number of nitrogens with one attached hydrogen (secondary N) is 1. The second kappa shape index (κ2) is 11.0. The van der Waals surface area contributed by atoms with E-state index in [0.29, 0.717) is 33.8 Å². The second-order valence-electron chi connectivity index (χ2n) is 8.07. The third-order valence-corrected chi connectivity index (χ3v) is 7.35. The molecule has 3 N–H and O–H groups in total. The van der Waals surface area contributed by atoms with Crippen LogP contribution in [0.2, 0.25) is 10.0 Å². The molecule has 0 radical (unpaired) electrons. The monoisotopic (exact) mass is 573 g/mol. The van der Waals surface area contributed by atoms with Gasteiger partial charge in [-0.3, -0.25) is 9.35 Å². The van der Waals surface area contributed by atoms with E-state index >= 15 is 0 Å². The number of rotatable bonds is 7. The van der Waals surface area contributed by atoms with Crippen molar-refractivity contribution in [2.24, 2.45) is 10.2 Å².